The summed E-state index contributed by atoms with van der Waals surface area (Å²) in [4.78, 5) is 1.01. The van der Waals surface area contributed by atoms with Gasteiger partial charge in [0.2, 0.25) is 0 Å². The highest BCUT2D eigenvalue weighted by Gasteiger charge is 2.16. The van der Waals surface area contributed by atoms with Crippen molar-refractivity contribution in [3.05, 3.63) is 41.7 Å². The zero-order valence-corrected chi connectivity index (χ0v) is 11.6. The Kier molecular flexibility index (Phi) is 3.04. The summed E-state index contributed by atoms with van der Waals surface area (Å²) >= 11 is 4.38. The monoisotopic (exact) mass is 246 g/mol. The summed E-state index contributed by atoms with van der Waals surface area (Å²) in [6.45, 7) is 8.56. The van der Waals surface area contributed by atoms with Crippen molar-refractivity contribution in [2.75, 3.05) is 0 Å². The summed E-state index contributed by atoms with van der Waals surface area (Å²) in [5.74, 6) is 0. The van der Waals surface area contributed by atoms with Crippen LogP contribution in [0, 0.1) is 6.92 Å². The zero-order chi connectivity index (χ0) is 12.6. The van der Waals surface area contributed by atoms with Crippen LogP contribution in [0.2, 0.25) is 0 Å². The molecule has 0 saturated heterocycles. The first kappa shape index (κ1) is 12.2. The second-order valence-electron chi connectivity index (χ2n) is 5.37. The molecule has 0 bridgehead atoms. The average molecular weight is 246 g/mol. The minimum atomic E-state index is 0.0871. The molecule has 0 radical (unpaired) electrons. The number of rotatable bonds is 1. The number of nitrogens with zero attached hydrogens (tertiary/aromatic N) is 2. The number of thiol groups is 1. The van der Waals surface area contributed by atoms with Crippen LogP contribution in [0.5, 0.6) is 0 Å². The molecule has 1 aromatic carbocycles. The van der Waals surface area contributed by atoms with Gasteiger partial charge >= 0.3 is 0 Å². The van der Waals surface area contributed by atoms with Crippen molar-refractivity contribution < 1.29 is 0 Å². The van der Waals surface area contributed by atoms with Crippen molar-refractivity contribution in [2.45, 2.75) is 38.0 Å². The summed E-state index contributed by atoms with van der Waals surface area (Å²) in [5, 5.41) is 4.61. The Balaban J connectivity index is 2.40. The van der Waals surface area contributed by atoms with Gasteiger partial charge in [0.25, 0.3) is 0 Å². The van der Waals surface area contributed by atoms with Crippen molar-refractivity contribution in [1.82, 2.24) is 9.78 Å². The quantitative estimate of drug-likeness (QED) is 0.758. The first-order valence-electron chi connectivity index (χ1n) is 5.74. The Morgan fingerprint density at radius 3 is 2.41 bits per heavy atom. The lowest BCUT2D eigenvalue weighted by atomic mass is 9.93. The van der Waals surface area contributed by atoms with E-state index < -0.39 is 0 Å². The Morgan fingerprint density at radius 2 is 1.88 bits per heavy atom. The van der Waals surface area contributed by atoms with E-state index in [1.807, 2.05) is 23.0 Å². The SMILES string of the molecule is Cc1cc(-n2ccc(C(C)(C)C)n2)ccc1S. The maximum Gasteiger partial charge on any atom is 0.0682 e. The molecule has 0 aliphatic heterocycles. The molecule has 0 saturated carbocycles. The van der Waals surface area contributed by atoms with Gasteiger partial charge < -0.3 is 0 Å². The molecule has 0 spiro atoms. The number of benzene rings is 1. The molecule has 0 fully saturated rings. The molecule has 17 heavy (non-hydrogen) atoms. The van der Waals surface area contributed by atoms with Gasteiger partial charge in [-0.05, 0) is 36.8 Å². The van der Waals surface area contributed by atoms with E-state index in [4.69, 9.17) is 0 Å². The van der Waals surface area contributed by atoms with Gasteiger partial charge in [0.05, 0.1) is 11.4 Å². The second kappa shape index (κ2) is 4.22. The molecule has 1 heterocycles. The van der Waals surface area contributed by atoms with Crippen LogP contribution in [0.25, 0.3) is 5.69 Å². The van der Waals surface area contributed by atoms with Crippen LogP contribution in [0.1, 0.15) is 32.0 Å². The Morgan fingerprint density at radius 1 is 1.18 bits per heavy atom. The van der Waals surface area contributed by atoms with E-state index in [0.29, 0.717) is 0 Å². The summed E-state index contributed by atoms with van der Waals surface area (Å²) in [7, 11) is 0. The van der Waals surface area contributed by atoms with E-state index in [-0.39, 0.29) is 5.41 Å². The van der Waals surface area contributed by atoms with E-state index >= 15 is 0 Å². The van der Waals surface area contributed by atoms with Crippen LogP contribution >= 0.6 is 12.6 Å². The molecule has 0 aliphatic rings. The molecule has 0 amide bonds. The van der Waals surface area contributed by atoms with Crippen molar-refractivity contribution in [1.29, 1.82) is 0 Å². The molecule has 3 heteroatoms. The van der Waals surface area contributed by atoms with Crippen molar-refractivity contribution in [3.8, 4) is 5.69 Å². The first-order valence-corrected chi connectivity index (χ1v) is 6.19. The fraction of sp³-hybridized carbons (Fsp3) is 0.357. The number of aromatic nitrogens is 2. The van der Waals surface area contributed by atoms with Crippen LogP contribution in [-0.4, -0.2) is 9.78 Å². The van der Waals surface area contributed by atoms with Crippen LogP contribution in [-0.2, 0) is 5.41 Å². The molecule has 0 aliphatic carbocycles. The lowest BCUT2D eigenvalue weighted by Crippen LogP contribution is -2.12. The highest BCUT2D eigenvalue weighted by molar-refractivity contribution is 7.80. The van der Waals surface area contributed by atoms with Gasteiger partial charge in [-0.1, -0.05) is 20.8 Å². The van der Waals surface area contributed by atoms with E-state index in [1.165, 1.54) is 5.56 Å². The van der Waals surface area contributed by atoms with Gasteiger partial charge in [-0.15, -0.1) is 12.6 Å². The first-order chi connectivity index (χ1) is 7.88. The lowest BCUT2D eigenvalue weighted by Gasteiger charge is -2.14. The Hall–Kier alpha value is -1.22. The molecular formula is C14H18N2S. The van der Waals surface area contributed by atoms with E-state index in [1.54, 1.807) is 0 Å². The Labute approximate surface area is 108 Å². The second-order valence-corrected chi connectivity index (χ2v) is 5.85. The van der Waals surface area contributed by atoms with Crippen molar-refractivity contribution >= 4 is 12.6 Å². The molecule has 2 rings (SSSR count). The molecule has 2 nitrogen and oxygen atoms in total. The summed E-state index contributed by atoms with van der Waals surface area (Å²) < 4.78 is 1.92. The van der Waals surface area contributed by atoms with Crippen LogP contribution < -0.4 is 0 Å². The normalized spacial score (nSPS) is 11.8. The highest BCUT2D eigenvalue weighted by atomic mass is 32.1. The molecule has 0 atom stereocenters. The largest absolute Gasteiger partial charge is 0.241 e. The lowest BCUT2D eigenvalue weighted by molar-refractivity contribution is 0.560. The third-order valence-corrected chi connectivity index (χ3v) is 3.30. The maximum atomic E-state index is 4.61. The molecular weight excluding hydrogens is 228 g/mol. The van der Waals surface area contributed by atoms with Gasteiger partial charge in [-0.25, -0.2) is 4.68 Å². The molecule has 1 aromatic heterocycles. The summed E-state index contributed by atoms with van der Waals surface area (Å²) in [5.41, 5.74) is 3.43. The smallest absolute Gasteiger partial charge is 0.0682 e. The van der Waals surface area contributed by atoms with Crippen molar-refractivity contribution in [3.63, 3.8) is 0 Å². The standard InChI is InChI=1S/C14H18N2S/c1-10-9-11(5-6-12(10)17)16-8-7-13(15-16)14(2,3)4/h5-9,17H,1-4H3. The van der Waals surface area contributed by atoms with Gasteiger partial charge in [0.1, 0.15) is 0 Å². The molecule has 90 valence electrons. The minimum absolute atomic E-state index is 0.0871. The maximum absolute atomic E-state index is 4.61. The summed E-state index contributed by atoms with van der Waals surface area (Å²) in [6, 6.07) is 8.21. The van der Waals surface area contributed by atoms with E-state index in [2.05, 4.69) is 57.6 Å². The molecule has 0 N–H and O–H groups in total. The van der Waals surface area contributed by atoms with E-state index in [0.717, 1.165) is 16.3 Å². The number of hydrogen-bond donors (Lipinski definition) is 1. The molecule has 0 unspecified atom stereocenters. The van der Waals surface area contributed by atoms with Gasteiger partial charge in [-0.3, -0.25) is 0 Å². The predicted molar refractivity (Wildman–Crippen MR) is 74.3 cm³/mol. The van der Waals surface area contributed by atoms with E-state index in [9.17, 15) is 0 Å². The van der Waals surface area contributed by atoms with Gasteiger partial charge in [0, 0.05) is 16.5 Å². The van der Waals surface area contributed by atoms with Crippen LogP contribution in [0.15, 0.2) is 35.4 Å². The fourth-order valence-electron chi connectivity index (χ4n) is 1.65. The number of aryl methyl sites for hydroxylation is 1. The summed E-state index contributed by atoms with van der Waals surface area (Å²) in [6.07, 6.45) is 2.01. The third kappa shape index (κ3) is 2.55. The highest BCUT2D eigenvalue weighted by Crippen LogP contribution is 2.22. The fourth-order valence-corrected chi connectivity index (χ4v) is 1.79. The van der Waals surface area contributed by atoms with Crippen LogP contribution in [0.4, 0.5) is 0 Å². The number of hydrogen-bond acceptors (Lipinski definition) is 2. The third-order valence-electron chi connectivity index (χ3n) is 2.80. The topological polar surface area (TPSA) is 17.8 Å². The van der Waals surface area contributed by atoms with Gasteiger partial charge in [-0.2, -0.15) is 5.10 Å². The van der Waals surface area contributed by atoms with Gasteiger partial charge in [0.15, 0.2) is 0 Å². The average Bonchev–Trinajstić information content (AvgIpc) is 2.70. The Bertz CT molecular complexity index is 535. The van der Waals surface area contributed by atoms with Crippen molar-refractivity contribution in [2.24, 2.45) is 0 Å². The van der Waals surface area contributed by atoms with Crippen LogP contribution in [0.3, 0.4) is 0 Å². The minimum Gasteiger partial charge on any atom is -0.241 e. The molecule has 2 aromatic rings. The predicted octanol–water partition coefficient (Wildman–Crippen LogP) is 3.77. The zero-order valence-electron chi connectivity index (χ0n) is 10.7.